The predicted molar refractivity (Wildman–Crippen MR) is 132 cm³/mol. The minimum atomic E-state index is -0.429. The van der Waals surface area contributed by atoms with Crippen LogP contribution >= 0.6 is 0 Å². The quantitative estimate of drug-likeness (QED) is 0.569. The fraction of sp³-hybridized carbons (Fsp3) is 0.393. The average molecular weight is 445 g/mol. The summed E-state index contributed by atoms with van der Waals surface area (Å²) in [6.07, 6.45) is 1.18. The molecule has 5 nitrogen and oxygen atoms in total. The number of ether oxygens (including phenoxy) is 1. The van der Waals surface area contributed by atoms with Crippen LogP contribution in [-0.2, 0) is 14.3 Å². The molecule has 1 heterocycles. The molecule has 0 amide bonds. The first-order valence-corrected chi connectivity index (χ1v) is 11.8. The van der Waals surface area contributed by atoms with Gasteiger partial charge < -0.3 is 9.64 Å². The number of nitrogens with zero attached hydrogens (tertiary/aromatic N) is 2. The summed E-state index contributed by atoms with van der Waals surface area (Å²) in [6, 6.07) is 18.4. The van der Waals surface area contributed by atoms with Gasteiger partial charge in [-0.3, -0.25) is 9.79 Å². The summed E-state index contributed by atoms with van der Waals surface area (Å²) in [5, 5.41) is 0. The van der Waals surface area contributed by atoms with E-state index in [0.29, 0.717) is 17.7 Å². The van der Waals surface area contributed by atoms with E-state index in [1.165, 1.54) is 7.11 Å². The zero-order chi connectivity index (χ0) is 23.5. The normalized spacial score (nSPS) is 22.5. The van der Waals surface area contributed by atoms with Gasteiger partial charge in [0.1, 0.15) is 5.78 Å². The number of allylic oxidation sites excluding steroid dienone is 1. The van der Waals surface area contributed by atoms with Gasteiger partial charge >= 0.3 is 5.97 Å². The number of esters is 1. The fourth-order valence-electron chi connectivity index (χ4n) is 5.35. The zero-order valence-electron chi connectivity index (χ0n) is 19.9. The number of rotatable bonds is 6. The molecule has 172 valence electrons. The van der Waals surface area contributed by atoms with Crippen LogP contribution in [0.1, 0.15) is 56.6 Å². The number of anilines is 1. The van der Waals surface area contributed by atoms with Gasteiger partial charge in [0.05, 0.1) is 18.6 Å². The molecule has 0 saturated heterocycles. The van der Waals surface area contributed by atoms with Gasteiger partial charge in [-0.1, -0.05) is 42.5 Å². The Hall–Kier alpha value is -3.21. The molecule has 5 heteroatoms. The van der Waals surface area contributed by atoms with Crippen molar-refractivity contribution in [3.8, 4) is 0 Å². The lowest BCUT2D eigenvalue weighted by atomic mass is 9.66. The minimum Gasteiger partial charge on any atom is -0.466 e. The molecular formula is C28H32N2O3. The Balaban J connectivity index is 1.75. The largest absolute Gasteiger partial charge is 0.466 e. The summed E-state index contributed by atoms with van der Waals surface area (Å²) >= 11 is 0. The predicted octanol–water partition coefficient (Wildman–Crippen LogP) is 5.28. The summed E-state index contributed by atoms with van der Waals surface area (Å²) in [5.41, 5.74) is 5.26. The number of hydrogen-bond acceptors (Lipinski definition) is 5. The van der Waals surface area contributed by atoms with Crippen molar-refractivity contribution >= 4 is 23.2 Å². The van der Waals surface area contributed by atoms with E-state index in [-0.39, 0.29) is 17.6 Å². The Morgan fingerprint density at radius 2 is 1.64 bits per heavy atom. The molecule has 0 spiro atoms. The molecule has 0 N–H and O–H groups in total. The number of hydrogen-bond donors (Lipinski definition) is 0. The van der Waals surface area contributed by atoms with Crippen LogP contribution in [-0.4, -0.2) is 37.7 Å². The lowest BCUT2D eigenvalue weighted by molar-refractivity contribution is -0.136. The van der Waals surface area contributed by atoms with Gasteiger partial charge in [0, 0.05) is 42.5 Å². The number of carbonyl (C=O) groups excluding carboxylic acids is 2. The lowest BCUT2D eigenvalue weighted by Gasteiger charge is -2.38. The van der Waals surface area contributed by atoms with Crippen molar-refractivity contribution in [3.63, 3.8) is 0 Å². The van der Waals surface area contributed by atoms with Crippen LogP contribution in [0.2, 0.25) is 0 Å². The molecule has 0 radical (unpaired) electrons. The number of carbonyl (C=O) groups is 2. The van der Waals surface area contributed by atoms with E-state index in [4.69, 9.17) is 9.73 Å². The maximum Gasteiger partial charge on any atom is 0.336 e. The van der Waals surface area contributed by atoms with Crippen LogP contribution in [0.5, 0.6) is 0 Å². The Bertz CT molecular complexity index is 1080. The summed E-state index contributed by atoms with van der Waals surface area (Å²) in [6.45, 7) is 7.96. The van der Waals surface area contributed by atoms with Crippen molar-refractivity contribution < 1.29 is 14.3 Å². The summed E-state index contributed by atoms with van der Waals surface area (Å²) in [7, 11) is 1.39. The monoisotopic (exact) mass is 444 g/mol. The zero-order valence-corrected chi connectivity index (χ0v) is 19.9. The van der Waals surface area contributed by atoms with E-state index in [2.05, 4.69) is 43.0 Å². The standard InChI is InChI=1S/C28H32N2O3/c1-5-30(6-2)22-14-12-20(13-15-22)26-25(28(32)33-4)18(3)29-23-16-21(17-24(31)27(23)26)19-10-8-7-9-11-19/h7-15,21,26-27H,5-6,16-17H2,1-4H3/t21-,26-,27?/m1/s1. The first kappa shape index (κ1) is 23.0. The smallest absolute Gasteiger partial charge is 0.336 e. The Morgan fingerprint density at radius 3 is 2.24 bits per heavy atom. The highest BCUT2D eigenvalue weighted by molar-refractivity contribution is 6.12. The van der Waals surface area contributed by atoms with Crippen molar-refractivity contribution in [2.75, 3.05) is 25.1 Å². The van der Waals surface area contributed by atoms with E-state index in [9.17, 15) is 9.59 Å². The molecule has 0 aromatic heterocycles. The SMILES string of the molecule is CCN(CC)c1ccc([C@@H]2C(C(=O)OC)=C(C)N=C3C[C@@H](c4ccccc4)CC(=O)C32)cc1. The summed E-state index contributed by atoms with van der Waals surface area (Å²) < 4.78 is 5.13. The van der Waals surface area contributed by atoms with Crippen molar-refractivity contribution in [1.29, 1.82) is 0 Å². The van der Waals surface area contributed by atoms with Crippen LogP contribution in [0.25, 0.3) is 0 Å². The molecule has 4 rings (SSSR count). The average Bonchev–Trinajstić information content (AvgIpc) is 2.84. The third kappa shape index (κ3) is 4.37. The van der Waals surface area contributed by atoms with Crippen LogP contribution < -0.4 is 4.90 Å². The molecule has 1 aliphatic carbocycles. The van der Waals surface area contributed by atoms with E-state index in [1.807, 2.05) is 37.3 Å². The Labute approximate surface area is 196 Å². The van der Waals surface area contributed by atoms with Gasteiger partial charge in [0.2, 0.25) is 0 Å². The number of ketones is 1. The molecule has 33 heavy (non-hydrogen) atoms. The van der Waals surface area contributed by atoms with Crippen LogP contribution in [0.15, 0.2) is 70.9 Å². The molecule has 2 aromatic carbocycles. The van der Waals surface area contributed by atoms with E-state index in [1.54, 1.807) is 0 Å². The van der Waals surface area contributed by atoms with Crippen LogP contribution in [0.4, 0.5) is 5.69 Å². The van der Waals surface area contributed by atoms with E-state index in [0.717, 1.165) is 42.0 Å². The van der Waals surface area contributed by atoms with Crippen molar-refractivity contribution in [3.05, 3.63) is 77.0 Å². The minimum absolute atomic E-state index is 0.117. The van der Waals surface area contributed by atoms with Gasteiger partial charge in [0.25, 0.3) is 0 Å². The van der Waals surface area contributed by atoms with Gasteiger partial charge in [-0.05, 0) is 56.4 Å². The topological polar surface area (TPSA) is 59.0 Å². The number of fused-ring (bicyclic) bond motifs is 1. The molecule has 3 atom stereocenters. The Morgan fingerprint density at radius 1 is 0.970 bits per heavy atom. The maximum absolute atomic E-state index is 13.6. The summed E-state index contributed by atoms with van der Waals surface area (Å²) in [5.74, 6) is -0.958. The van der Waals surface area contributed by atoms with Gasteiger partial charge in [-0.2, -0.15) is 0 Å². The fourth-order valence-corrected chi connectivity index (χ4v) is 5.35. The van der Waals surface area contributed by atoms with Gasteiger partial charge in [-0.15, -0.1) is 0 Å². The second-order valence-electron chi connectivity index (χ2n) is 8.80. The molecule has 1 fully saturated rings. The molecule has 1 unspecified atom stereocenters. The summed E-state index contributed by atoms with van der Waals surface area (Å²) in [4.78, 5) is 33.5. The number of Topliss-reactive ketones (excluding diaryl/α,β-unsaturated/α-hetero) is 1. The molecule has 2 aliphatic rings. The first-order chi connectivity index (χ1) is 16.0. The van der Waals surface area contributed by atoms with Gasteiger partial charge in [-0.25, -0.2) is 4.79 Å². The highest BCUT2D eigenvalue weighted by Gasteiger charge is 2.45. The first-order valence-electron chi connectivity index (χ1n) is 11.8. The van der Waals surface area contributed by atoms with Crippen molar-refractivity contribution in [2.45, 2.75) is 45.4 Å². The van der Waals surface area contributed by atoms with Crippen molar-refractivity contribution in [2.24, 2.45) is 10.9 Å². The molecule has 0 bridgehead atoms. The number of benzene rings is 2. The number of methoxy groups -OCH3 is 1. The number of aliphatic imine (C=N–C) groups is 1. The van der Waals surface area contributed by atoms with E-state index >= 15 is 0 Å². The van der Waals surface area contributed by atoms with Crippen LogP contribution in [0.3, 0.4) is 0 Å². The van der Waals surface area contributed by atoms with Gasteiger partial charge in [0.15, 0.2) is 0 Å². The highest BCUT2D eigenvalue weighted by Crippen LogP contribution is 2.46. The second kappa shape index (κ2) is 9.74. The lowest BCUT2D eigenvalue weighted by Crippen LogP contribution is -2.41. The molecule has 1 saturated carbocycles. The Kier molecular flexibility index (Phi) is 6.77. The molecule has 2 aromatic rings. The van der Waals surface area contributed by atoms with E-state index < -0.39 is 11.9 Å². The third-order valence-electron chi connectivity index (χ3n) is 7.01. The van der Waals surface area contributed by atoms with Crippen molar-refractivity contribution in [1.82, 2.24) is 0 Å². The molecular weight excluding hydrogens is 412 g/mol. The third-order valence-corrected chi connectivity index (χ3v) is 7.01. The maximum atomic E-state index is 13.6. The molecule has 1 aliphatic heterocycles. The highest BCUT2D eigenvalue weighted by atomic mass is 16.5. The van der Waals surface area contributed by atoms with Crippen LogP contribution in [0, 0.1) is 5.92 Å². The second-order valence-corrected chi connectivity index (χ2v) is 8.80.